The normalized spacial score (nSPS) is 12.5. The third-order valence-electron chi connectivity index (χ3n) is 4.42. The van der Waals surface area contributed by atoms with Crippen LogP contribution < -0.4 is 16.4 Å². The van der Waals surface area contributed by atoms with E-state index < -0.39 is 36.3 Å². The van der Waals surface area contributed by atoms with E-state index in [-0.39, 0.29) is 23.6 Å². The van der Waals surface area contributed by atoms with Crippen LogP contribution >= 0.6 is 0 Å². The van der Waals surface area contributed by atoms with E-state index in [2.05, 4.69) is 20.6 Å². The highest BCUT2D eigenvalue weighted by atomic mass is 19.4. The largest absolute Gasteiger partial charge is 0.461 e. The Bertz CT molecular complexity index is 1130. The number of primary amides is 1. The fraction of sp³-hybridized carbons (Fsp3) is 0.263. The summed E-state index contributed by atoms with van der Waals surface area (Å²) >= 11 is 0. The van der Waals surface area contributed by atoms with Gasteiger partial charge in [-0.05, 0) is 25.1 Å². The number of anilines is 1. The van der Waals surface area contributed by atoms with E-state index in [1.54, 1.807) is 12.1 Å². The van der Waals surface area contributed by atoms with Gasteiger partial charge >= 0.3 is 6.18 Å². The minimum absolute atomic E-state index is 0.105. The van der Waals surface area contributed by atoms with Crippen LogP contribution in [0.25, 0.3) is 11.0 Å². The Morgan fingerprint density at radius 3 is 2.61 bits per heavy atom. The molecule has 3 rings (SSSR count). The summed E-state index contributed by atoms with van der Waals surface area (Å²) in [7, 11) is 0. The Hall–Kier alpha value is -3.67. The van der Waals surface area contributed by atoms with Crippen LogP contribution in [-0.4, -0.2) is 39.5 Å². The number of aliphatic hydroxyl groups excluding tert-OH is 1. The number of hydrogen-bond donors (Lipinski definition) is 4. The zero-order chi connectivity index (χ0) is 22.8. The van der Waals surface area contributed by atoms with Crippen molar-refractivity contribution in [2.24, 2.45) is 5.73 Å². The SMILES string of the molecule is Cc1oc2ccc(NCc3nccnc3C(F)(F)F)cc2c1C(=O)N[C@@H](CO)C(N)=O. The summed E-state index contributed by atoms with van der Waals surface area (Å²) in [6.07, 6.45) is -2.53. The van der Waals surface area contributed by atoms with Crippen LogP contribution in [0.5, 0.6) is 0 Å². The summed E-state index contributed by atoms with van der Waals surface area (Å²) < 4.78 is 44.8. The number of alkyl halides is 3. The van der Waals surface area contributed by atoms with Crippen molar-refractivity contribution in [3.8, 4) is 0 Å². The van der Waals surface area contributed by atoms with E-state index >= 15 is 0 Å². The van der Waals surface area contributed by atoms with Crippen molar-refractivity contribution in [1.29, 1.82) is 0 Å². The third-order valence-corrected chi connectivity index (χ3v) is 4.42. The number of fused-ring (bicyclic) bond motifs is 1. The van der Waals surface area contributed by atoms with Gasteiger partial charge in [-0.25, -0.2) is 4.98 Å². The second-order valence-electron chi connectivity index (χ2n) is 6.56. The fourth-order valence-electron chi connectivity index (χ4n) is 2.97. The number of aryl methyl sites for hydroxylation is 1. The topological polar surface area (TPSA) is 143 Å². The maximum absolute atomic E-state index is 13.1. The number of aliphatic hydroxyl groups is 1. The lowest BCUT2D eigenvalue weighted by Gasteiger charge is -2.13. The van der Waals surface area contributed by atoms with Crippen LogP contribution in [0.15, 0.2) is 35.0 Å². The number of carbonyl (C=O) groups is 2. The van der Waals surface area contributed by atoms with E-state index in [0.717, 1.165) is 12.4 Å². The molecule has 0 fully saturated rings. The number of nitrogens with two attached hydrogens (primary N) is 1. The molecule has 0 aliphatic carbocycles. The highest BCUT2D eigenvalue weighted by molar-refractivity contribution is 6.09. The van der Waals surface area contributed by atoms with Crippen molar-refractivity contribution in [2.75, 3.05) is 11.9 Å². The van der Waals surface area contributed by atoms with Crippen molar-refractivity contribution < 1.29 is 32.3 Å². The number of benzene rings is 1. The first-order valence-electron chi connectivity index (χ1n) is 8.97. The van der Waals surface area contributed by atoms with Crippen molar-refractivity contribution in [3.63, 3.8) is 0 Å². The van der Waals surface area contributed by atoms with Gasteiger partial charge in [-0.15, -0.1) is 0 Å². The Morgan fingerprint density at radius 2 is 1.97 bits per heavy atom. The number of nitrogens with zero attached hydrogens (tertiary/aromatic N) is 2. The molecule has 0 unspecified atom stereocenters. The van der Waals surface area contributed by atoms with Crippen LogP contribution in [-0.2, 0) is 17.5 Å². The van der Waals surface area contributed by atoms with Crippen LogP contribution in [0, 0.1) is 6.92 Å². The van der Waals surface area contributed by atoms with Crippen LogP contribution in [0.3, 0.4) is 0 Å². The maximum Gasteiger partial charge on any atom is 0.435 e. The molecule has 0 saturated carbocycles. The molecule has 0 saturated heterocycles. The van der Waals surface area contributed by atoms with Crippen molar-refractivity contribution in [3.05, 3.63) is 53.3 Å². The monoisotopic (exact) mass is 437 g/mol. The summed E-state index contributed by atoms with van der Waals surface area (Å²) in [5, 5.41) is 14.7. The van der Waals surface area contributed by atoms with Gasteiger partial charge in [-0.1, -0.05) is 0 Å². The molecule has 2 aromatic heterocycles. The molecule has 0 aliphatic heterocycles. The number of aromatic nitrogens is 2. The molecule has 12 heteroatoms. The van der Waals surface area contributed by atoms with Gasteiger partial charge in [-0.3, -0.25) is 14.6 Å². The minimum atomic E-state index is -4.65. The lowest BCUT2D eigenvalue weighted by atomic mass is 10.1. The minimum Gasteiger partial charge on any atom is -0.461 e. The highest BCUT2D eigenvalue weighted by Gasteiger charge is 2.35. The molecule has 31 heavy (non-hydrogen) atoms. The summed E-state index contributed by atoms with van der Waals surface area (Å²) in [4.78, 5) is 31.0. The number of furan rings is 1. The van der Waals surface area contributed by atoms with Crippen molar-refractivity contribution in [1.82, 2.24) is 15.3 Å². The highest BCUT2D eigenvalue weighted by Crippen LogP contribution is 2.31. The predicted octanol–water partition coefficient (Wildman–Crippen LogP) is 1.74. The molecule has 0 radical (unpaired) electrons. The lowest BCUT2D eigenvalue weighted by molar-refractivity contribution is -0.142. The molecule has 2 amide bonds. The zero-order valence-electron chi connectivity index (χ0n) is 16.2. The van der Waals surface area contributed by atoms with Gasteiger partial charge in [0.1, 0.15) is 17.4 Å². The van der Waals surface area contributed by atoms with Crippen molar-refractivity contribution in [2.45, 2.75) is 25.7 Å². The molecule has 5 N–H and O–H groups in total. The second kappa shape index (κ2) is 8.60. The van der Waals surface area contributed by atoms with Gasteiger partial charge < -0.3 is 25.9 Å². The second-order valence-corrected chi connectivity index (χ2v) is 6.56. The van der Waals surface area contributed by atoms with E-state index in [9.17, 15) is 27.9 Å². The zero-order valence-corrected chi connectivity index (χ0v) is 16.2. The third kappa shape index (κ3) is 4.74. The van der Waals surface area contributed by atoms with Gasteiger partial charge in [0, 0.05) is 23.5 Å². The number of amides is 2. The molecular formula is C19H18F3N5O4. The van der Waals surface area contributed by atoms with Gasteiger partial charge in [0.05, 0.1) is 24.4 Å². The number of carbonyl (C=O) groups excluding carboxylic acids is 2. The van der Waals surface area contributed by atoms with Crippen LogP contribution in [0.1, 0.15) is 27.5 Å². The van der Waals surface area contributed by atoms with E-state index in [1.807, 2.05) is 0 Å². The predicted molar refractivity (Wildman–Crippen MR) is 103 cm³/mol. The molecule has 3 aromatic rings. The Kier molecular flexibility index (Phi) is 6.11. The lowest BCUT2D eigenvalue weighted by Crippen LogP contribution is -2.46. The molecule has 0 spiro atoms. The molecule has 9 nitrogen and oxygen atoms in total. The number of hydrogen-bond acceptors (Lipinski definition) is 7. The Morgan fingerprint density at radius 1 is 1.26 bits per heavy atom. The fourth-order valence-corrected chi connectivity index (χ4v) is 2.97. The molecule has 2 heterocycles. The number of rotatable bonds is 7. The Labute approximate surface area is 173 Å². The molecule has 1 aromatic carbocycles. The smallest absolute Gasteiger partial charge is 0.435 e. The summed E-state index contributed by atoms with van der Waals surface area (Å²) in [6, 6.07) is 3.34. The average molecular weight is 437 g/mol. The molecule has 0 aliphatic rings. The summed E-state index contributed by atoms with van der Waals surface area (Å²) in [5.74, 6) is -1.35. The average Bonchev–Trinajstić information content (AvgIpc) is 3.04. The van der Waals surface area contributed by atoms with Gasteiger partial charge in [0.2, 0.25) is 5.91 Å². The first-order chi connectivity index (χ1) is 14.6. The molecule has 1 atom stereocenters. The molecule has 0 bridgehead atoms. The Balaban J connectivity index is 1.87. The first kappa shape index (κ1) is 22.0. The van der Waals surface area contributed by atoms with E-state index in [0.29, 0.717) is 16.7 Å². The number of halogens is 3. The maximum atomic E-state index is 13.1. The van der Waals surface area contributed by atoms with E-state index in [1.165, 1.54) is 13.0 Å². The quantitative estimate of drug-likeness (QED) is 0.441. The first-order valence-corrected chi connectivity index (χ1v) is 8.97. The molecular weight excluding hydrogens is 419 g/mol. The van der Waals surface area contributed by atoms with Crippen LogP contribution in [0.4, 0.5) is 18.9 Å². The summed E-state index contributed by atoms with van der Waals surface area (Å²) in [5.41, 5.74) is 4.60. The number of nitrogens with one attached hydrogen (secondary N) is 2. The van der Waals surface area contributed by atoms with Gasteiger partial charge in [0.15, 0.2) is 5.69 Å². The van der Waals surface area contributed by atoms with Gasteiger partial charge in [0.25, 0.3) is 5.91 Å². The molecule has 164 valence electrons. The van der Waals surface area contributed by atoms with Crippen LogP contribution in [0.2, 0.25) is 0 Å². The van der Waals surface area contributed by atoms with Crippen molar-refractivity contribution >= 4 is 28.5 Å². The standard InChI is InChI=1S/C19H18F3N5O4/c1-9-15(18(30)27-13(8-28)17(23)29)11-6-10(2-3-14(11)31-9)26-7-12-16(19(20,21)22)25-5-4-24-12/h2-6,13,26,28H,7-8H2,1H3,(H2,23,29)(H,27,30)/t13-/m0/s1. The summed E-state index contributed by atoms with van der Waals surface area (Å²) in [6.45, 7) is 0.596. The van der Waals surface area contributed by atoms with Gasteiger partial charge in [-0.2, -0.15) is 13.2 Å². The van der Waals surface area contributed by atoms with E-state index in [4.69, 9.17) is 10.2 Å².